The molecule has 2 saturated heterocycles. The van der Waals surface area contributed by atoms with Crippen LogP contribution in [0.5, 0.6) is 5.75 Å². The predicted octanol–water partition coefficient (Wildman–Crippen LogP) is 2.01. The molecule has 27 heavy (non-hydrogen) atoms. The second kappa shape index (κ2) is 7.15. The largest absolute Gasteiger partial charge is 0.497 e. The van der Waals surface area contributed by atoms with Gasteiger partial charge in [-0.2, -0.15) is 0 Å². The molecule has 0 aliphatic carbocycles. The van der Waals surface area contributed by atoms with E-state index in [2.05, 4.69) is 38.9 Å². The predicted molar refractivity (Wildman–Crippen MR) is 101 cm³/mol. The first kappa shape index (κ1) is 17.7. The maximum atomic E-state index is 12.1. The van der Waals surface area contributed by atoms with E-state index in [1.165, 1.54) is 25.2 Å². The van der Waals surface area contributed by atoms with Gasteiger partial charge in [-0.3, -0.25) is 4.90 Å². The van der Waals surface area contributed by atoms with E-state index in [4.69, 9.17) is 9.47 Å². The third-order valence-electron chi connectivity index (χ3n) is 5.75. The molecule has 3 heterocycles. The van der Waals surface area contributed by atoms with Crippen molar-refractivity contribution in [3.8, 4) is 5.75 Å². The summed E-state index contributed by atoms with van der Waals surface area (Å²) in [5.74, 6) is 2.15. The van der Waals surface area contributed by atoms with E-state index in [9.17, 15) is 4.79 Å². The molecule has 2 aliphatic rings. The topological polar surface area (TPSA) is 67.8 Å². The molecular weight excluding hydrogens is 344 g/mol. The van der Waals surface area contributed by atoms with Crippen molar-refractivity contribution in [1.82, 2.24) is 14.9 Å². The Bertz CT molecular complexity index is 826. The molecular formula is C20H24N4O3. The van der Waals surface area contributed by atoms with Crippen LogP contribution in [-0.2, 0) is 4.74 Å². The maximum absolute atomic E-state index is 12.1. The average molecular weight is 368 g/mol. The Morgan fingerprint density at radius 3 is 2.63 bits per heavy atom. The van der Waals surface area contributed by atoms with Gasteiger partial charge in [0.2, 0.25) is 0 Å². The van der Waals surface area contributed by atoms with Gasteiger partial charge in [0.05, 0.1) is 14.2 Å². The van der Waals surface area contributed by atoms with Crippen molar-refractivity contribution in [3.63, 3.8) is 0 Å². The minimum Gasteiger partial charge on any atom is -0.497 e. The molecule has 7 heteroatoms. The van der Waals surface area contributed by atoms with Crippen molar-refractivity contribution in [1.29, 1.82) is 0 Å². The lowest BCUT2D eigenvalue weighted by Gasteiger charge is -2.27. The van der Waals surface area contributed by atoms with Crippen LogP contribution in [0.25, 0.3) is 0 Å². The number of rotatable bonds is 4. The highest BCUT2D eigenvalue weighted by molar-refractivity contribution is 5.94. The Morgan fingerprint density at radius 1 is 1.15 bits per heavy atom. The van der Waals surface area contributed by atoms with Crippen LogP contribution < -0.4 is 9.64 Å². The molecule has 142 valence electrons. The van der Waals surface area contributed by atoms with Crippen LogP contribution >= 0.6 is 0 Å². The fourth-order valence-corrected chi connectivity index (χ4v) is 4.56. The normalized spacial score (nSPS) is 24.7. The minimum atomic E-state index is -0.397. The SMILES string of the molecule is COC(=O)c1cncnc1N1C[C@@H]2CN(C)[C@@H](c3ccc(OC)cc3)[C@@H]2C1. The van der Waals surface area contributed by atoms with E-state index in [0.29, 0.717) is 29.3 Å². The zero-order valence-corrected chi connectivity index (χ0v) is 15.8. The van der Waals surface area contributed by atoms with E-state index in [0.717, 1.165) is 25.4 Å². The van der Waals surface area contributed by atoms with Gasteiger partial charge in [0, 0.05) is 37.8 Å². The summed E-state index contributed by atoms with van der Waals surface area (Å²) in [6.45, 7) is 2.76. The average Bonchev–Trinajstić information content (AvgIpc) is 3.24. The molecule has 0 unspecified atom stereocenters. The van der Waals surface area contributed by atoms with Crippen LogP contribution in [0.3, 0.4) is 0 Å². The van der Waals surface area contributed by atoms with E-state index in [-0.39, 0.29) is 0 Å². The second-order valence-electron chi connectivity index (χ2n) is 7.24. The number of esters is 1. The first-order valence-corrected chi connectivity index (χ1v) is 9.09. The van der Waals surface area contributed by atoms with Crippen molar-refractivity contribution in [2.24, 2.45) is 11.8 Å². The van der Waals surface area contributed by atoms with Gasteiger partial charge < -0.3 is 14.4 Å². The molecule has 0 saturated carbocycles. The fourth-order valence-electron chi connectivity index (χ4n) is 4.56. The molecule has 0 N–H and O–H groups in total. The van der Waals surface area contributed by atoms with Crippen molar-refractivity contribution < 1.29 is 14.3 Å². The lowest BCUT2D eigenvalue weighted by Crippen LogP contribution is -2.30. The Morgan fingerprint density at radius 2 is 1.93 bits per heavy atom. The lowest BCUT2D eigenvalue weighted by molar-refractivity contribution is 0.0600. The third kappa shape index (κ3) is 3.12. The van der Waals surface area contributed by atoms with E-state index in [1.807, 2.05) is 12.1 Å². The number of ether oxygens (including phenoxy) is 2. The number of anilines is 1. The lowest BCUT2D eigenvalue weighted by atomic mass is 9.89. The molecule has 1 aromatic carbocycles. The number of nitrogens with zero attached hydrogens (tertiary/aromatic N) is 4. The van der Waals surface area contributed by atoms with E-state index < -0.39 is 5.97 Å². The molecule has 4 rings (SSSR count). The summed E-state index contributed by atoms with van der Waals surface area (Å²) in [6.07, 6.45) is 3.03. The van der Waals surface area contributed by atoms with Gasteiger partial charge in [0.1, 0.15) is 23.5 Å². The highest BCUT2D eigenvalue weighted by atomic mass is 16.5. The monoisotopic (exact) mass is 368 g/mol. The number of hydrogen-bond acceptors (Lipinski definition) is 7. The zero-order valence-electron chi connectivity index (χ0n) is 15.8. The van der Waals surface area contributed by atoms with Crippen LogP contribution in [0.4, 0.5) is 5.82 Å². The fraction of sp³-hybridized carbons (Fsp3) is 0.450. The third-order valence-corrected chi connectivity index (χ3v) is 5.75. The van der Waals surface area contributed by atoms with Crippen molar-refractivity contribution in [3.05, 3.63) is 47.9 Å². The van der Waals surface area contributed by atoms with Crippen LogP contribution in [0.2, 0.25) is 0 Å². The van der Waals surface area contributed by atoms with Gasteiger partial charge in [-0.1, -0.05) is 12.1 Å². The Labute approximate surface area is 158 Å². The molecule has 1 aromatic heterocycles. The second-order valence-corrected chi connectivity index (χ2v) is 7.24. The van der Waals surface area contributed by atoms with Gasteiger partial charge >= 0.3 is 5.97 Å². The Kier molecular flexibility index (Phi) is 4.70. The number of benzene rings is 1. The minimum absolute atomic E-state index is 0.342. The summed E-state index contributed by atoms with van der Waals surface area (Å²) in [6, 6.07) is 8.67. The molecule has 2 aliphatic heterocycles. The van der Waals surface area contributed by atoms with Crippen molar-refractivity contribution in [2.45, 2.75) is 6.04 Å². The number of likely N-dealkylation sites (tertiary alicyclic amines) is 1. The standard InChI is InChI=1S/C20H24N4O3/c1-23-9-14-10-24(19-16(20(25)27-3)8-21-12-22-19)11-17(14)18(23)13-4-6-15(26-2)7-5-13/h4-8,12,14,17-18H,9-11H2,1-3H3/t14-,17+,18-/m0/s1. The molecule has 0 radical (unpaired) electrons. The number of fused-ring (bicyclic) bond motifs is 1. The summed E-state index contributed by atoms with van der Waals surface area (Å²) >= 11 is 0. The van der Waals surface area contributed by atoms with Crippen molar-refractivity contribution >= 4 is 11.8 Å². The summed E-state index contributed by atoms with van der Waals surface area (Å²) in [4.78, 5) is 25.1. The highest BCUT2D eigenvalue weighted by Gasteiger charge is 2.47. The Hall–Kier alpha value is -2.67. The van der Waals surface area contributed by atoms with E-state index in [1.54, 1.807) is 7.11 Å². The van der Waals surface area contributed by atoms with Gasteiger partial charge in [0.25, 0.3) is 0 Å². The zero-order chi connectivity index (χ0) is 19.0. The van der Waals surface area contributed by atoms with Gasteiger partial charge in [-0.05, 0) is 30.7 Å². The summed E-state index contributed by atoms with van der Waals surface area (Å²) < 4.78 is 10.2. The maximum Gasteiger partial charge on any atom is 0.343 e. The smallest absolute Gasteiger partial charge is 0.343 e. The number of hydrogen-bond donors (Lipinski definition) is 0. The van der Waals surface area contributed by atoms with Gasteiger partial charge in [-0.25, -0.2) is 14.8 Å². The number of carbonyl (C=O) groups is 1. The molecule has 2 aromatic rings. The molecule has 0 bridgehead atoms. The van der Waals surface area contributed by atoms with Crippen molar-refractivity contribution in [2.75, 3.05) is 45.8 Å². The molecule has 3 atom stereocenters. The van der Waals surface area contributed by atoms with Crippen LogP contribution in [0.15, 0.2) is 36.8 Å². The molecule has 0 spiro atoms. The summed E-state index contributed by atoms with van der Waals surface area (Å²) in [7, 11) is 5.25. The van der Waals surface area contributed by atoms with Crippen LogP contribution in [0, 0.1) is 11.8 Å². The quantitative estimate of drug-likeness (QED) is 0.765. The number of methoxy groups -OCH3 is 2. The van der Waals surface area contributed by atoms with E-state index >= 15 is 0 Å². The summed E-state index contributed by atoms with van der Waals surface area (Å²) in [5, 5.41) is 0. The number of aromatic nitrogens is 2. The molecule has 7 nitrogen and oxygen atoms in total. The first-order valence-electron chi connectivity index (χ1n) is 9.09. The highest BCUT2D eigenvalue weighted by Crippen LogP contribution is 2.45. The molecule has 0 amide bonds. The van der Waals surface area contributed by atoms with Gasteiger partial charge in [-0.15, -0.1) is 0 Å². The van der Waals surface area contributed by atoms with Gasteiger partial charge in [0.15, 0.2) is 0 Å². The van der Waals surface area contributed by atoms with Crippen LogP contribution in [-0.4, -0.2) is 61.7 Å². The summed E-state index contributed by atoms with van der Waals surface area (Å²) in [5.41, 5.74) is 1.72. The Balaban J connectivity index is 1.59. The van der Waals surface area contributed by atoms with Crippen LogP contribution in [0.1, 0.15) is 22.0 Å². The first-order chi connectivity index (χ1) is 13.1. The molecule has 2 fully saturated rings. The number of carbonyl (C=O) groups excluding carboxylic acids is 1.